The lowest BCUT2D eigenvalue weighted by Gasteiger charge is -2.40. The van der Waals surface area contributed by atoms with Crippen LogP contribution in [-0.2, 0) is 4.79 Å². The zero-order chi connectivity index (χ0) is 24.9. The van der Waals surface area contributed by atoms with Crippen molar-refractivity contribution in [3.8, 4) is 0 Å². The van der Waals surface area contributed by atoms with Crippen molar-refractivity contribution >= 4 is 58.3 Å². The van der Waals surface area contributed by atoms with Gasteiger partial charge < -0.3 is 15.1 Å². The van der Waals surface area contributed by atoms with E-state index in [4.69, 9.17) is 23.2 Å². The van der Waals surface area contributed by atoms with Crippen molar-refractivity contribution in [2.75, 3.05) is 35.6 Å². The molecule has 182 valence electrons. The second-order valence-electron chi connectivity index (χ2n) is 7.92. The van der Waals surface area contributed by atoms with Crippen LogP contribution in [0.3, 0.4) is 0 Å². The Morgan fingerprint density at radius 1 is 1.11 bits per heavy atom. The summed E-state index contributed by atoms with van der Waals surface area (Å²) < 4.78 is 13.7. The second kappa shape index (κ2) is 11.2. The first kappa shape index (κ1) is 25.2. The van der Waals surface area contributed by atoms with Gasteiger partial charge in [0.2, 0.25) is 5.91 Å². The zero-order valence-electron chi connectivity index (χ0n) is 18.7. The average Bonchev–Trinajstić information content (AvgIpc) is 2.84. The van der Waals surface area contributed by atoms with Crippen molar-refractivity contribution in [1.29, 1.82) is 0 Å². The van der Waals surface area contributed by atoms with E-state index in [1.54, 1.807) is 47.4 Å². The monoisotopic (exact) mass is 533 g/mol. The van der Waals surface area contributed by atoms with Crippen LogP contribution in [0, 0.1) is 5.82 Å². The number of nitrogens with one attached hydrogen (secondary N) is 1. The van der Waals surface area contributed by atoms with Gasteiger partial charge >= 0.3 is 0 Å². The van der Waals surface area contributed by atoms with Crippen LogP contribution in [0.4, 0.5) is 15.9 Å². The number of halogens is 3. The van der Waals surface area contributed by atoms with Crippen LogP contribution in [-0.4, -0.2) is 58.1 Å². The molecule has 0 bridgehead atoms. The molecule has 11 heteroatoms. The predicted molar refractivity (Wildman–Crippen MR) is 137 cm³/mol. The number of nitrogens with zero attached hydrogens (tertiary/aromatic N) is 4. The molecule has 1 fully saturated rings. The fourth-order valence-corrected chi connectivity index (χ4v) is 4.85. The summed E-state index contributed by atoms with van der Waals surface area (Å²) in [7, 11) is 0. The molecule has 2 amide bonds. The van der Waals surface area contributed by atoms with Crippen LogP contribution in [0.1, 0.15) is 17.3 Å². The molecule has 1 atom stereocenters. The average molecular weight is 534 g/mol. The molecular formula is C24H22Cl2FN5O2S. The molecule has 1 aliphatic rings. The molecular weight excluding hydrogens is 512 g/mol. The Kier molecular flexibility index (Phi) is 8.10. The molecule has 0 aliphatic carbocycles. The second-order valence-corrected chi connectivity index (χ2v) is 9.66. The molecule has 0 spiro atoms. The van der Waals surface area contributed by atoms with Gasteiger partial charge in [0, 0.05) is 31.7 Å². The number of amides is 2. The van der Waals surface area contributed by atoms with E-state index in [-0.39, 0.29) is 34.4 Å². The van der Waals surface area contributed by atoms with E-state index >= 15 is 0 Å². The minimum Gasteiger partial charge on any atom is -0.353 e. The third kappa shape index (κ3) is 6.22. The molecule has 2 aromatic carbocycles. The fraction of sp³-hybridized carbons (Fsp3) is 0.250. The topological polar surface area (TPSA) is 78.4 Å². The quantitative estimate of drug-likeness (QED) is 0.272. The predicted octanol–water partition coefficient (Wildman–Crippen LogP) is 5.00. The summed E-state index contributed by atoms with van der Waals surface area (Å²) in [4.78, 5) is 37.8. The fourth-order valence-electron chi connectivity index (χ4n) is 3.75. The standard InChI is InChI=1S/C24H22Cl2FN5O2S/c1-15-13-31(10-11-32(15)23(34)16-6-2-3-7-17(16)25)21-12-20(26)29-24(30-21)35-14-22(33)28-19-9-5-4-8-18(19)27/h2-9,12,15H,10-11,13-14H2,1H3,(H,28,33). The number of hydrogen-bond donors (Lipinski definition) is 1. The summed E-state index contributed by atoms with van der Waals surface area (Å²) in [6, 6.07) is 14.5. The summed E-state index contributed by atoms with van der Waals surface area (Å²) in [5, 5.41) is 3.53. The van der Waals surface area contributed by atoms with Gasteiger partial charge in [-0.15, -0.1) is 0 Å². The Hall–Kier alpha value is -2.88. The van der Waals surface area contributed by atoms with Crippen molar-refractivity contribution in [2.24, 2.45) is 0 Å². The maximum absolute atomic E-state index is 13.7. The van der Waals surface area contributed by atoms with Gasteiger partial charge in [-0.05, 0) is 31.2 Å². The number of hydrogen-bond acceptors (Lipinski definition) is 6. The van der Waals surface area contributed by atoms with Gasteiger partial charge in [0.1, 0.15) is 16.8 Å². The summed E-state index contributed by atoms with van der Waals surface area (Å²) in [6.07, 6.45) is 0. The molecule has 1 N–H and O–H groups in total. The summed E-state index contributed by atoms with van der Waals surface area (Å²) >= 11 is 13.5. The highest BCUT2D eigenvalue weighted by Gasteiger charge is 2.30. The van der Waals surface area contributed by atoms with Gasteiger partial charge in [0.05, 0.1) is 22.0 Å². The van der Waals surface area contributed by atoms with E-state index in [1.807, 2.05) is 11.8 Å². The van der Waals surface area contributed by atoms with Crippen LogP contribution in [0.2, 0.25) is 10.2 Å². The lowest BCUT2D eigenvalue weighted by atomic mass is 10.1. The molecule has 0 radical (unpaired) electrons. The Morgan fingerprint density at radius 3 is 2.60 bits per heavy atom. The van der Waals surface area contributed by atoms with Crippen molar-refractivity contribution in [3.05, 3.63) is 76.2 Å². The number of thioether (sulfide) groups is 1. The number of carbonyl (C=O) groups excluding carboxylic acids is 2. The number of aromatic nitrogens is 2. The highest BCUT2D eigenvalue weighted by molar-refractivity contribution is 7.99. The maximum atomic E-state index is 13.7. The molecule has 2 heterocycles. The van der Waals surface area contributed by atoms with Gasteiger partial charge in [-0.1, -0.05) is 59.2 Å². The first-order chi connectivity index (χ1) is 16.8. The van der Waals surface area contributed by atoms with E-state index in [9.17, 15) is 14.0 Å². The largest absolute Gasteiger partial charge is 0.353 e. The first-order valence-electron chi connectivity index (χ1n) is 10.8. The number of benzene rings is 2. The van der Waals surface area contributed by atoms with Gasteiger partial charge in [0.15, 0.2) is 5.16 Å². The highest BCUT2D eigenvalue weighted by atomic mass is 35.5. The Labute approximate surface area is 216 Å². The number of para-hydroxylation sites is 1. The Morgan fingerprint density at radius 2 is 1.86 bits per heavy atom. The van der Waals surface area contributed by atoms with E-state index in [2.05, 4.69) is 15.3 Å². The smallest absolute Gasteiger partial charge is 0.255 e. The molecule has 1 saturated heterocycles. The van der Waals surface area contributed by atoms with Crippen LogP contribution >= 0.6 is 35.0 Å². The highest BCUT2D eigenvalue weighted by Crippen LogP contribution is 2.26. The maximum Gasteiger partial charge on any atom is 0.255 e. The first-order valence-corrected chi connectivity index (χ1v) is 12.6. The third-order valence-corrected chi connectivity index (χ3v) is 6.83. The summed E-state index contributed by atoms with van der Waals surface area (Å²) in [5.41, 5.74) is 0.593. The minimum atomic E-state index is -0.506. The van der Waals surface area contributed by atoms with Crippen LogP contribution in [0.5, 0.6) is 0 Å². The Bertz CT molecular complexity index is 1250. The van der Waals surface area contributed by atoms with Crippen molar-refractivity contribution < 1.29 is 14.0 Å². The number of rotatable bonds is 6. The lowest BCUT2D eigenvalue weighted by molar-refractivity contribution is -0.113. The molecule has 7 nitrogen and oxygen atoms in total. The number of piperazine rings is 1. The van der Waals surface area contributed by atoms with Gasteiger partial charge in [-0.25, -0.2) is 14.4 Å². The molecule has 35 heavy (non-hydrogen) atoms. The van der Waals surface area contributed by atoms with Crippen molar-refractivity contribution in [1.82, 2.24) is 14.9 Å². The SMILES string of the molecule is CC1CN(c2cc(Cl)nc(SCC(=O)Nc3ccccc3F)n2)CCN1C(=O)c1ccccc1Cl. The van der Waals surface area contributed by atoms with E-state index < -0.39 is 5.82 Å². The summed E-state index contributed by atoms with van der Waals surface area (Å²) in [6.45, 7) is 3.54. The third-order valence-electron chi connectivity index (χ3n) is 5.46. The molecule has 1 aliphatic heterocycles. The van der Waals surface area contributed by atoms with Crippen LogP contribution in [0.25, 0.3) is 0 Å². The molecule has 1 aromatic heterocycles. The zero-order valence-corrected chi connectivity index (χ0v) is 21.1. The van der Waals surface area contributed by atoms with E-state index in [0.717, 1.165) is 11.8 Å². The van der Waals surface area contributed by atoms with Gasteiger partial charge in [0.25, 0.3) is 5.91 Å². The van der Waals surface area contributed by atoms with Crippen LogP contribution < -0.4 is 10.2 Å². The number of anilines is 2. The number of carbonyl (C=O) groups is 2. The van der Waals surface area contributed by atoms with E-state index in [1.165, 1.54) is 12.1 Å². The lowest BCUT2D eigenvalue weighted by Crippen LogP contribution is -2.54. The molecule has 3 aromatic rings. The molecule has 1 unspecified atom stereocenters. The molecule has 0 saturated carbocycles. The van der Waals surface area contributed by atoms with Gasteiger partial charge in [-0.2, -0.15) is 0 Å². The molecule has 4 rings (SSSR count). The van der Waals surface area contributed by atoms with Crippen LogP contribution in [0.15, 0.2) is 59.8 Å². The summed E-state index contributed by atoms with van der Waals surface area (Å²) in [5.74, 6) is -0.400. The minimum absolute atomic E-state index is 0.00929. The van der Waals surface area contributed by atoms with Gasteiger partial charge in [-0.3, -0.25) is 9.59 Å². The normalized spacial score (nSPS) is 15.7. The Balaban J connectivity index is 1.39. The van der Waals surface area contributed by atoms with Crippen molar-refractivity contribution in [2.45, 2.75) is 18.1 Å². The van der Waals surface area contributed by atoms with Crippen molar-refractivity contribution in [3.63, 3.8) is 0 Å². The van der Waals surface area contributed by atoms with E-state index in [0.29, 0.717) is 41.2 Å².